The van der Waals surface area contributed by atoms with Gasteiger partial charge in [-0.15, -0.1) is 0 Å². The molecule has 0 atom stereocenters. The molecule has 2 aromatic carbocycles. The van der Waals surface area contributed by atoms with Gasteiger partial charge in [0.05, 0.1) is 17.9 Å². The largest absolute Gasteiger partial charge is 0.348 e. The summed E-state index contributed by atoms with van der Waals surface area (Å²) >= 11 is 6.53. The zero-order valence-electron chi connectivity index (χ0n) is 17.9. The van der Waals surface area contributed by atoms with Gasteiger partial charge in [-0.2, -0.15) is 10.2 Å². The van der Waals surface area contributed by atoms with Crippen LogP contribution in [0.4, 0.5) is 0 Å². The molecule has 0 aliphatic rings. The molecular weight excluding hydrogens is 424 g/mol. The number of nitrogens with one attached hydrogen (secondary N) is 1. The van der Waals surface area contributed by atoms with Crippen molar-refractivity contribution in [3.05, 3.63) is 100 Å². The molecule has 0 aliphatic carbocycles. The van der Waals surface area contributed by atoms with Crippen LogP contribution in [0.25, 0.3) is 11.8 Å². The molecule has 2 heterocycles. The van der Waals surface area contributed by atoms with Crippen molar-refractivity contribution >= 4 is 23.6 Å². The van der Waals surface area contributed by atoms with Crippen LogP contribution in [0, 0.1) is 13.8 Å². The molecule has 0 bridgehead atoms. The fourth-order valence-corrected chi connectivity index (χ4v) is 3.54. The molecule has 8 heteroatoms. The molecule has 0 spiro atoms. The van der Waals surface area contributed by atoms with Gasteiger partial charge in [0.25, 0.3) is 0 Å². The molecule has 0 unspecified atom stereocenters. The summed E-state index contributed by atoms with van der Waals surface area (Å²) in [5, 5.41) is 12.0. The van der Waals surface area contributed by atoms with Crippen LogP contribution in [0.15, 0.2) is 67.3 Å². The monoisotopic (exact) mass is 446 g/mol. The van der Waals surface area contributed by atoms with Crippen LogP contribution < -0.4 is 5.32 Å². The van der Waals surface area contributed by atoms with Gasteiger partial charge in [0, 0.05) is 18.2 Å². The number of carbonyl (C=O) groups is 1. The van der Waals surface area contributed by atoms with Gasteiger partial charge >= 0.3 is 0 Å². The number of benzene rings is 2. The number of aromatic nitrogens is 5. The van der Waals surface area contributed by atoms with Gasteiger partial charge in [0.15, 0.2) is 0 Å². The van der Waals surface area contributed by atoms with E-state index >= 15 is 0 Å². The molecule has 0 aliphatic heterocycles. The van der Waals surface area contributed by atoms with Crippen molar-refractivity contribution in [1.82, 2.24) is 29.9 Å². The van der Waals surface area contributed by atoms with E-state index in [1.54, 1.807) is 21.8 Å². The Morgan fingerprint density at radius 1 is 1.06 bits per heavy atom. The van der Waals surface area contributed by atoms with Gasteiger partial charge in [-0.25, -0.2) is 14.3 Å². The summed E-state index contributed by atoms with van der Waals surface area (Å²) < 4.78 is 3.42. The summed E-state index contributed by atoms with van der Waals surface area (Å²) in [5.74, 6) is -0.202. The Morgan fingerprint density at radius 3 is 2.47 bits per heavy atom. The average molecular weight is 447 g/mol. The van der Waals surface area contributed by atoms with Crippen LogP contribution in [0.3, 0.4) is 0 Å². The van der Waals surface area contributed by atoms with Crippen molar-refractivity contribution in [2.24, 2.45) is 0 Å². The van der Waals surface area contributed by atoms with Crippen LogP contribution in [0.5, 0.6) is 0 Å². The number of aryl methyl sites for hydroxylation is 2. The predicted molar refractivity (Wildman–Crippen MR) is 124 cm³/mol. The first-order valence-electron chi connectivity index (χ1n) is 10.2. The molecule has 0 radical (unpaired) electrons. The fourth-order valence-electron chi connectivity index (χ4n) is 3.24. The number of rotatable bonds is 7. The molecule has 0 saturated heterocycles. The lowest BCUT2D eigenvalue weighted by molar-refractivity contribution is -0.116. The molecule has 4 rings (SSSR count). The maximum Gasteiger partial charge on any atom is 0.244 e. The van der Waals surface area contributed by atoms with Crippen LogP contribution in [-0.2, 0) is 17.9 Å². The van der Waals surface area contributed by atoms with E-state index in [2.05, 4.69) is 51.7 Å². The summed E-state index contributed by atoms with van der Waals surface area (Å²) in [6.07, 6.45) is 6.31. The fraction of sp³-hybridized carbons (Fsp3) is 0.167. The summed E-state index contributed by atoms with van der Waals surface area (Å²) in [7, 11) is 0. The van der Waals surface area contributed by atoms with E-state index in [0.717, 1.165) is 28.1 Å². The molecule has 7 nitrogen and oxygen atoms in total. The van der Waals surface area contributed by atoms with Gasteiger partial charge in [0.1, 0.15) is 17.8 Å². The molecule has 0 fully saturated rings. The minimum atomic E-state index is -0.202. The van der Waals surface area contributed by atoms with Crippen molar-refractivity contribution in [3.63, 3.8) is 0 Å². The third-order valence-corrected chi connectivity index (χ3v) is 5.45. The number of carbonyl (C=O) groups excluding carboxylic acids is 1. The summed E-state index contributed by atoms with van der Waals surface area (Å²) in [5.41, 5.74) is 5.72. The van der Waals surface area contributed by atoms with Gasteiger partial charge in [-0.05, 0) is 43.2 Å². The summed E-state index contributed by atoms with van der Waals surface area (Å²) in [4.78, 5) is 16.2. The molecule has 1 N–H and O–H groups in total. The maximum absolute atomic E-state index is 12.3. The zero-order valence-corrected chi connectivity index (χ0v) is 18.6. The van der Waals surface area contributed by atoms with E-state index in [0.29, 0.717) is 18.2 Å². The number of hydrogen-bond donors (Lipinski definition) is 1. The lowest BCUT2D eigenvalue weighted by Gasteiger charge is -2.05. The Balaban J connectivity index is 1.36. The van der Waals surface area contributed by atoms with Crippen molar-refractivity contribution in [1.29, 1.82) is 0 Å². The molecule has 162 valence electrons. The first-order chi connectivity index (χ1) is 15.5. The first kappa shape index (κ1) is 21.5. The van der Waals surface area contributed by atoms with E-state index < -0.39 is 0 Å². The van der Waals surface area contributed by atoms with Crippen molar-refractivity contribution in [2.75, 3.05) is 0 Å². The standard InChI is InChI=1S/C24H23ClN6O/c1-17-3-5-20(6-4-17)14-30-24(25)22(18(2)29-30)11-12-23(32)27-13-19-7-9-21(10-8-19)31-16-26-15-28-31/h3-12,15-16H,13-14H2,1-2H3,(H,27,32)/b12-11+. The summed E-state index contributed by atoms with van der Waals surface area (Å²) in [6, 6.07) is 16.0. The van der Waals surface area contributed by atoms with E-state index in [9.17, 15) is 4.79 Å². The Labute approximate surface area is 191 Å². The van der Waals surface area contributed by atoms with Crippen molar-refractivity contribution < 1.29 is 4.79 Å². The number of nitrogens with zero attached hydrogens (tertiary/aromatic N) is 5. The van der Waals surface area contributed by atoms with E-state index in [-0.39, 0.29) is 5.91 Å². The number of hydrogen-bond acceptors (Lipinski definition) is 4. The van der Waals surface area contributed by atoms with Gasteiger partial charge in [-0.1, -0.05) is 53.6 Å². The Kier molecular flexibility index (Phi) is 6.47. The van der Waals surface area contributed by atoms with E-state index in [1.165, 1.54) is 18.0 Å². The molecular formula is C24H23ClN6O. The normalized spacial score (nSPS) is 11.2. The lowest BCUT2D eigenvalue weighted by atomic mass is 10.1. The van der Waals surface area contributed by atoms with Gasteiger partial charge in [-0.3, -0.25) is 4.79 Å². The van der Waals surface area contributed by atoms with Crippen LogP contribution in [0.2, 0.25) is 5.15 Å². The maximum atomic E-state index is 12.3. The zero-order chi connectivity index (χ0) is 22.5. The highest BCUT2D eigenvalue weighted by molar-refractivity contribution is 6.31. The predicted octanol–water partition coefficient (Wildman–Crippen LogP) is 4.11. The Hall–Kier alpha value is -3.71. The molecule has 4 aromatic rings. The second-order valence-corrected chi connectivity index (χ2v) is 7.85. The molecule has 1 amide bonds. The van der Waals surface area contributed by atoms with E-state index in [1.807, 2.05) is 31.2 Å². The topological polar surface area (TPSA) is 77.6 Å². The second-order valence-electron chi connectivity index (χ2n) is 7.49. The van der Waals surface area contributed by atoms with Crippen molar-refractivity contribution in [2.45, 2.75) is 26.9 Å². The van der Waals surface area contributed by atoms with Gasteiger partial charge < -0.3 is 5.32 Å². The number of amides is 1. The Morgan fingerprint density at radius 2 is 1.78 bits per heavy atom. The third kappa shape index (κ3) is 5.12. The smallest absolute Gasteiger partial charge is 0.244 e. The van der Waals surface area contributed by atoms with Crippen LogP contribution >= 0.6 is 11.6 Å². The minimum absolute atomic E-state index is 0.202. The lowest BCUT2D eigenvalue weighted by Crippen LogP contribution is -2.20. The highest BCUT2D eigenvalue weighted by atomic mass is 35.5. The summed E-state index contributed by atoms with van der Waals surface area (Å²) in [6.45, 7) is 4.92. The highest BCUT2D eigenvalue weighted by Crippen LogP contribution is 2.22. The minimum Gasteiger partial charge on any atom is -0.348 e. The Bertz CT molecular complexity index is 1220. The second kappa shape index (κ2) is 9.62. The third-order valence-electron chi connectivity index (χ3n) is 5.05. The molecule has 0 saturated carbocycles. The van der Waals surface area contributed by atoms with Crippen LogP contribution in [-0.4, -0.2) is 30.5 Å². The molecule has 32 heavy (non-hydrogen) atoms. The van der Waals surface area contributed by atoms with Gasteiger partial charge in [0.2, 0.25) is 5.91 Å². The van der Waals surface area contributed by atoms with Crippen molar-refractivity contribution in [3.8, 4) is 5.69 Å². The van der Waals surface area contributed by atoms with Crippen LogP contribution in [0.1, 0.15) is 27.9 Å². The van der Waals surface area contributed by atoms with E-state index in [4.69, 9.17) is 11.6 Å². The molecule has 2 aromatic heterocycles. The average Bonchev–Trinajstić information content (AvgIpc) is 3.42. The quantitative estimate of drug-likeness (QED) is 0.433. The first-order valence-corrected chi connectivity index (χ1v) is 10.6. The number of halogens is 1. The SMILES string of the molecule is Cc1ccc(Cn2nc(C)c(/C=C/C(=O)NCc3ccc(-n4cncn4)cc3)c2Cl)cc1. The highest BCUT2D eigenvalue weighted by Gasteiger charge is 2.12.